The van der Waals surface area contributed by atoms with Gasteiger partial charge in [0, 0.05) is 15.8 Å². The van der Waals surface area contributed by atoms with Gasteiger partial charge >= 0.3 is 0 Å². The molecular weight excluding hydrogens is 182 g/mol. The van der Waals surface area contributed by atoms with Crippen LogP contribution in [0.25, 0.3) is 0 Å². The first-order valence-electron chi connectivity index (χ1n) is 4.53. The number of hydrogen-bond acceptors (Lipinski definition) is 3. The summed E-state index contributed by atoms with van der Waals surface area (Å²) in [7, 11) is 0. The highest BCUT2D eigenvalue weighted by Gasteiger charge is 2.33. The summed E-state index contributed by atoms with van der Waals surface area (Å²) in [6, 6.07) is 1.67. The highest BCUT2D eigenvalue weighted by atomic mass is 32.1. The van der Waals surface area contributed by atoms with Crippen molar-refractivity contribution in [1.82, 2.24) is 0 Å². The van der Waals surface area contributed by atoms with E-state index in [1.807, 2.05) is 18.4 Å². The van der Waals surface area contributed by atoms with E-state index in [4.69, 9.17) is 5.73 Å². The molecular formula is C10H13NOS. The number of thiophene rings is 1. The van der Waals surface area contributed by atoms with Crippen LogP contribution in [-0.4, -0.2) is 11.8 Å². The second-order valence-corrected chi connectivity index (χ2v) is 4.79. The van der Waals surface area contributed by atoms with E-state index in [1.54, 1.807) is 11.3 Å². The van der Waals surface area contributed by atoms with Gasteiger partial charge in [-0.05, 0) is 31.7 Å². The van der Waals surface area contributed by atoms with Gasteiger partial charge in [-0.25, -0.2) is 0 Å². The number of ketones is 1. The minimum atomic E-state index is -0.256. The molecule has 2 rings (SSSR count). The normalized spacial score (nSPS) is 18.6. The maximum atomic E-state index is 11.7. The van der Waals surface area contributed by atoms with Crippen LogP contribution in [0.3, 0.4) is 0 Å². The first-order chi connectivity index (χ1) is 6.18. The molecule has 1 saturated carbocycles. The minimum Gasteiger partial charge on any atom is -0.321 e. The van der Waals surface area contributed by atoms with Crippen LogP contribution in [0, 0.1) is 12.8 Å². The molecule has 13 heavy (non-hydrogen) atoms. The van der Waals surface area contributed by atoms with Gasteiger partial charge in [-0.15, -0.1) is 11.3 Å². The average molecular weight is 195 g/mol. The first kappa shape index (κ1) is 8.91. The number of hydrogen-bond donors (Lipinski definition) is 1. The third kappa shape index (κ3) is 1.81. The zero-order valence-electron chi connectivity index (χ0n) is 7.62. The molecule has 1 atom stereocenters. The molecule has 0 amide bonds. The summed E-state index contributed by atoms with van der Waals surface area (Å²) in [5.41, 5.74) is 6.61. The minimum absolute atomic E-state index is 0.117. The van der Waals surface area contributed by atoms with E-state index in [1.165, 1.54) is 4.88 Å². The summed E-state index contributed by atoms with van der Waals surface area (Å²) in [6.45, 7) is 2.00. The molecule has 2 N–H and O–H groups in total. The van der Waals surface area contributed by atoms with Crippen molar-refractivity contribution in [1.29, 1.82) is 0 Å². The number of rotatable bonds is 3. The number of nitrogens with two attached hydrogens (primary N) is 1. The maximum Gasteiger partial charge on any atom is 0.180 e. The first-order valence-corrected chi connectivity index (χ1v) is 5.41. The van der Waals surface area contributed by atoms with Gasteiger partial charge in [0.05, 0.1) is 6.04 Å². The van der Waals surface area contributed by atoms with Crippen molar-refractivity contribution in [2.45, 2.75) is 25.8 Å². The molecule has 3 heteroatoms. The predicted octanol–water partition coefficient (Wildman–Crippen LogP) is 1.98. The Morgan fingerprint density at radius 3 is 2.85 bits per heavy atom. The highest BCUT2D eigenvalue weighted by molar-refractivity contribution is 7.10. The Morgan fingerprint density at radius 1 is 1.69 bits per heavy atom. The maximum absolute atomic E-state index is 11.7. The SMILES string of the molecule is Cc1cc(C(=O)C(N)C2CC2)cs1. The average Bonchev–Trinajstić information content (AvgIpc) is 2.87. The topological polar surface area (TPSA) is 43.1 Å². The number of carbonyl (C=O) groups excluding carboxylic acids is 1. The van der Waals surface area contributed by atoms with Crippen molar-refractivity contribution < 1.29 is 4.79 Å². The van der Waals surface area contributed by atoms with Gasteiger partial charge in [0.15, 0.2) is 5.78 Å². The van der Waals surface area contributed by atoms with Crippen LogP contribution < -0.4 is 5.73 Å². The van der Waals surface area contributed by atoms with Gasteiger partial charge in [-0.1, -0.05) is 0 Å². The lowest BCUT2D eigenvalue weighted by Crippen LogP contribution is -2.32. The van der Waals surface area contributed by atoms with Crippen LogP contribution >= 0.6 is 11.3 Å². The largest absolute Gasteiger partial charge is 0.321 e. The van der Waals surface area contributed by atoms with Gasteiger partial charge in [0.1, 0.15) is 0 Å². The molecule has 1 aromatic rings. The molecule has 1 aliphatic rings. The van der Waals surface area contributed by atoms with E-state index < -0.39 is 0 Å². The molecule has 0 bridgehead atoms. The van der Waals surface area contributed by atoms with Crippen molar-refractivity contribution in [2.24, 2.45) is 11.7 Å². The summed E-state index contributed by atoms with van der Waals surface area (Å²) in [4.78, 5) is 12.9. The predicted molar refractivity (Wildman–Crippen MR) is 54.1 cm³/mol. The van der Waals surface area contributed by atoms with Crippen molar-refractivity contribution in [2.75, 3.05) is 0 Å². The molecule has 1 fully saturated rings. The molecule has 1 aromatic heterocycles. The Kier molecular flexibility index (Phi) is 2.22. The second-order valence-electron chi connectivity index (χ2n) is 3.67. The Labute approximate surface area is 81.8 Å². The molecule has 1 heterocycles. The summed E-state index contributed by atoms with van der Waals surface area (Å²) < 4.78 is 0. The van der Waals surface area contributed by atoms with Crippen LogP contribution in [0.1, 0.15) is 28.1 Å². The van der Waals surface area contributed by atoms with Gasteiger partial charge < -0.3 is 5.73 Å². The fourth-order valence-electron chi connectivity index (χ4n) is 1.43. The highest BCUT2D eigenvalue weighted by Crippen LogP contribution is 2.33. The molecule has 0 radical (unpaired) electrons. The quantitative estimate of drug-likeness (QED) is 0.749. The van der Waals surface area contributed by atoms with Gasteiger partial charge in [-0.2, -0.15) is 0 Å². The summed E-state index contributed by atoms with van der Waals surface area (Å²) >= 11 is 1.61. The zero-order valence-corrected chi connectivity index (χ0v) is 8.43. The Bertz CT molecular complexity index is 327. The standard InChI is InChI=1S/C10H13NOS/c1-6-4-8(5-13-6)10(12)9(11)7-2-3-7/h4-5,7,9H,2-3,11H2,1H3. The van der Waals surface area contributed by atoms with Crippen molar-refractivity contribution >= 4 is 17.1 Å². The van der Waals surface area contributed by atoms with E-state index >= 15 is 0 Å². The van der Waals surface area contributed by atoms with E-state index in [0.29, 0.717) is 5.92 Å². The fourth-order valence-corrected chi connectivity index (χ4v) is 2.13. The van der Waals surface area contributed by atoms with E-state index in [2.05, 4.69) is 0 Å². The Morgan fingerprint density at radius 2 is 2.38 bits per heavy atom. The van der Waals surface area contributed by atoms with Crippen LogP contribution in [-0.2, 0) is 0 Å². The Balaban J connectivity index is 2.11. The van der Waals surface area contributed by atoms with Crippen molar-refractivity contribution in [3.8, 4) is 0 Å². The van der Waals surface area contributed by atoms with Gasteiger partial charge in [-0.3, -0.25) is 4.79 Å². The van der Waals surface area contributed by atoms with E-state index in [-0.39, 0.29) is 11.8 Å². The molecule has 0 aromatic carbocycles. The lowest BCUT2D eigenvalue weighted by molar-refractivity contribution is 0.0952. The number of Topliss-reactive ketones (excluding diaryl/α,β-unsaturated/α-hetero) is 1. The zero-order chi connectivity index (χ0) is 9.42. The Hall–Kier alpha value is -0.670. The molecule has 0 aliphatic heterocycles. The lowest BCUT2D eigenvalue weighted by atomic mass is 10.0. The number of carbonyl (C=O) groups is 1. The molecule has 1 unspecified atom stereocenters. The fraction of sp³-hybridized carbons (Fsp3) is 0.500. The molecule has 70 valence electrons. The number of aryl methyl sites for hydroxylation is 1. The summed E-state index contributed by atoms with van der Waals surface area (Å²) in [5.74, 6) is 0.569. The van der Waals surface area contributed by atoms with E-state index in [9.17, 15) is 4.79 Å². The van der Waals surface area contributed by atoms with E-state index in [0.717, 1.165) is 18.4 Å². The van der Waals surface area contributed by atoms with Crippen molar-refractivity contribution in [3.05, 3.63) is 21.9 Å². The summed E-state index contributed by atoms with van der Waals surface area (Å²) in [5, 5.41) is 1.90. The smallest absolute Gasteiger partial charge is 0.180 e. The van der Waals surface area contributed by atoms with Gasteiger partial charge in [0.2, 0.25) is 0 Å². The molecule has 1 aliphatic carbocycles. The lowest BCUT2D eigenvalue weighted by Gasteiger charge is -2.06. The third-order valence-electron chi connectivity index (χ3n) is 2.45. The van der Waals surface area contributed by atoms with Gasteiger partial charge in [0.25, 0.3) is 0 Å². The monoisotopic (exact) mass is 195 g/mol. The third-order valence-corrected chi connectivity index (χ3v) is 3.31. The van der Waals surface area contributed by atoms with Crippen molar-refractivity contribution in [3.63, 3.8) is 0 Å². The second kappa shape index (κ2) is 3.24. The van der Waals surface area contributed by atoms with Crippen LogP contribution in [0.2, 0.25) is 0 Å². The molecule has 2 nitrogen and oxygen atoms in total. The summed E-state index contributed by atoms with van der Waals surface area (Å²) in [6.07, 6.45) is 2.24. The van der Waals surface area contributed by atoms with Crippen LogP contribution in [0.4, 0.5) is 0 Å². The molecule has 0 spiro atoms. The van der Waals surface area contributed by atoms with Crippen LogP contribution in [0.15, 0.2) is 11.4 Å². The molecule has 0 saturated heterocycles. The van der Waals surface area contributed by atoms with Crippen LogP contribution in [0.5, 0.6) is 0 Å².